The predicted molar refractivity (Wildman–Crippen MR) is 134 cm³/mol. The van der Waals surface area contributed by atoms with Crippen LogP contribution >= 0.6 is 0 Å². The molecule has 1 amide bonds. The van der Waals surface area contributed by atoms with Gasteiger partial charge in [0.1, 0.15) is 11.9 Å². The number of aliphatic hydroxyl groups excluding tert-OH is 2. The Morgan fingerprint density at radius 2 is 1.80 bits per heavy atom. The van der Waals surface area contributed by atoms with E-state index in [1.807, 2.05) is 39.0 Å². The minimum atomic E-state index is -0.896. The Morgan fingerprint density at radius 1 is 1.14 bits per heavy atom. The van der Waals surface area contributed by atoms with Gasteiger partial charge in [0, 0.05) is 13.7 Å². The molecular weight excluding hydrogens is 445 g/mol. The van der Waals surface area contributed by atoms with Crippen LogP contribution in [0.2, 0.25) is 0 Å². The molecule has 2 aromatic rings. The van der Waals surface area contributed by atoms with Crippen LogP contribution in [0.3, 0.4) is 0 Å². The van der Waals surface area contributed by atoms with Gasteiger partial charge in [-0.05, 0) is 82.1 Å². The molecule has 0 aromatic heterocycles. The smallest absolute Gasteiger partial charge is 0.232 e. The molecule has 5 nitrogen and oxygen atoms in total. The maximum absolute atomic E-state index is 13.7. The molecule has 2 aromatic carbocycles. The van der Waals surface area contributed by atoms with E-state index in [0.29, 0.717) is 25.7 Å². The van der Waals surface area contributed by atoms with Gasteiger partial charge in [0.2, 0.25) is 5.91 Å². The summed E-state index contributed by atoms with van der Waals surface area (Å²) < 4.78 is 20.2. The Balaban J connectivity index is 1.64. The fraction of sp³-hybridized carbons (Fsp3) is 0.552. The molecular formula is C29H38FNO4. The zero-order valence-corrected chi connectivity index (χ0v) is 21.2. The summed E-state index contributed by atoms with van der Waals surface area (Å²) in [5.74, 6) is -0.292. The number of hydrogen-bond donors (Lipinski definition) is 2. The third-order valence-electron chi connectivity index (χ3n) is 8.36. The number of aliphatic hydroxyl groups is 2. The SMILES string of the molecule is CN(C(=O)C(C)(C)c1ccc(F)cc1)[C@H]1CC[C@@]2(CCO)C[C@H](c3ccccc3)C[C@](C)(O2)[C@@H]1O. The molecule has 4 rings (SSSR count). The number of fused-ring (bicyclic) bond motifs is 2. The van der Waals surface area contributed by atoms with Crippen molar-refractivity contribution in [3.8, 4) is 0 Å². The van der Waals surface area contributed by atoms with Gasteiger partial charge in [-0.15, -0.1) is 0 Å². The number of likely N-dealkylation sites (N-methyl/N-ethyl adjacent to an activating group) is 1. The highest BCUT2D eigenvalue weighted by molar-refractivity contribution is 5.87. The van der Waals surface area contributed by atoms with E-state index in [-0.39, 0.29) is 24.2 Å². The maximum Gasteiger partial charge on any atom is 0.232 e. The Bertz CT molecular complexity index is 1030. The van der Waals surface area contributed by atoms with E-state index in [2.05, 4.69) is 12.1 Å². The van der Waals surface area contributed by atoms with Crippen LogP contribution in [0, 0.1) is 5.82 Å². The van der Waals surface area contributed by atoms with E-state index in [1.54, 1.807) is 24.1 Å². The van der Waals surface area contributed by atoms with Crippen molar-refractivity contribution in [2.75, 3.05) is 13.7 Å². The molecule has 0 unspecified atom stereocenters. The lowest BCUT2D eigenvalue weighted by Gasteiger charge is -2.51. The van der Waals surface area contributed by atoms with E-state index in [0.717, 1.165) is 12.0 Å². The lowest BCUT2D eigenvalue weighted by molar-refractivity contribution is -0.226. The monoisotopic (exact) mass is 483 g/mol. The van der Waals surface area contributed by atoms with Gasteiger partial charge in [0.25, 0.3) is 0 Å². The van der Waals surface area contributed by atoms with Crippen molar-refractivity contribution < 1.29 is 24.1 Å². The van der Waals surface area contributed by atoms with Crippen LogP contribution in [0.5, 0.6) is 0 Å². The van der Waals surface area contributed by atoms with Gasteiger partial charge in [-0.25, -0.2) is 4.39 Å². The Kier molecular flexibility index (Phi) is 7.11. The first-order valence-electron chi connectivity index (χ1n) is 12.6. The number of rotatable bonds is 6. The van der Waals surface area contributed by atoms with Crippen LogP contribution in [0.1, 0.15) is 69.9 Å². The van der Waals surface area contributed by atoms with Gasteiger partial charge in [-0.3, -0.25) is 4.79 Å². The molecule has 5 atom stereocenters. The van der Waals surface area contributed by atoms with Gasteiger partial charge in [-0.2, -0.15) is 0 Å². The summed E-state index contributed by atoms with van der Waals surface area (Å²) in [5.41, 5.74) is -0.392. The molecule has 6 heteroatoms. The number of ether oxygens (including phenoxy) is 1. The second-order valence-electron chi connectivity index (χ2n) is 11.2. The number of benzene rings is 2. The summed E-state index contributed by atoms with van der Waals surface area (Å²) in [6.45, 7) is 5.61. The molecule has 2 aliphatic rings. The number of hydrogen-bond acceptors (Lipinski definition) is 4. The minimum absolute atomic E-state index is 0.00468. The van der Waals surface area contributed by atoms with Gasteiger partial charge in [-0.1, -0.05) is 42.5 Å². The summed E-state index contributed by atoms with van der Waals surface area (Å²) in [5, 5.41) is 21.6. The number of carbonyl (C=O) groups excluding carboxylic acids is 1. The third kappa shape index (κ3) is 4.89. The highest BCUT2D eigenvalue weighted by Gasteiger charge is 2.56. The Morgan fingerprint density at radius 3 is 2.43 bits per heavy atom. The van der Waals surface area contributed by atoms with E-state index in [4.69, 9.17) is 4.74 Å². The molecule has 2 heterocycles. The Labute approximate surface area is 207 Å². The van der Waals surface area contributed by atoms with Gasteiger partial charge in [0.15, 0.2) is 0 Å². The van der Waals surface area contributed by atoms with E-state index in [1.165, 1.54) is 17.7 Å². The molecule has 2 N–H and O–H groups in total. The molecule has 2 fully saturated rings. The van der Waals surface area contributed by atoms with Gasteiger partial charge < -0.3 is 19.8 Å². The number of amides is 1. The molecule has 0 radical (unpaired) electrons. The van der Waals surface area contributed by atoms with Gasteiger partial charge >= 0.3 is 0 Å². The average Bonchev–Trinajstić information content (AvgIpc) is 2.91. The lowest BCUT2D eigenvalue weighted by atomic mass is 9.73. The van der Waals surface area contributed by atoms with Crippen LogP contribution in [0.25, 0.3) is 0 Å². The summed E-state index contributed by atoms with van der Waals surface area (Å²) in [4.78, 5) is 15.4. The maximum atomic E-state index is 13.7. The van der Waals surface area contributed by atoms with Crippen molar-refractivity contribution >= 4 is 5.91 Å². The summed E-state index contributed by atoms with van der Waals surface area (Å²) >= 11 is 0. The summed E-state index contributed by atoms with van der Waals surface area (Å²) in [7, 11) is 1.74. The van der Waals surface area contributed by atoms with Crippen molar-refractivity contribution in [3.05, 3.63) is 71.5 Å². The average molecular weight is 484 g/mol. The van der Waals surface area contributed by atoms with Crippen LogP contribution in [-0.2, 0) is 14.9 Å². The van der Waals surface area contributed by atoms with Crippen LogP contribution < -0.4 is 0 Å². The third-order valence-corrected chi connectivity index (χ3v) is 8.36. The van der Waals surface area contributed by atoms with E-state index >= 15 is 0 Å². The fourth-order valence-corrected chi connectivity index (χ4v) is 6.33. The largest absolute Gasteiger partial charge is 0.396 e. The van der Waals surface area contributed by atoms with E-state index in [9.17, 15) is 19.4 Å². The minimum Gasteiger partial charge on any atom is -0.396 e. The normalized spacial score (nSPS) is 31.0. The number of carbonyl (C=O) groups is 1. The number of halogens is 1. The van der Waals surface area contributed by atoms with Crippen molar-refractivity contribution in [3.63, 3.8) is 0 Å². The fourth-order valence-electron chi connectivity index (χ4n) is 6.33. The first-order valence-corrected chi connectivity index (χ1v) is 12.6. The second-order valence-corrected chi connectivity index (χ2v) is 11.2. The molecule has 190 valence electrons. The molecule has 2 bridgehead atoms. The summed E-state index contributed by atoms with van der Waals surface area (Å²) in [6.07, 6.45) is 2.20. The van der Waals surface area contributed by atoms with Crippen molar-refractivity contribution in [2.45, 2.75) is 87.6 Å². The standard InChI is InChI=1S/C29H38FNO4/c1-27(2,22-10-12-23(30)13-11-22)26(34)31(4)24-14-15-29(16-17-32)19-21(20-8-6-5-7-9-20)18-28(3,35-29)25(24)33/h5-13,21,24-25,32-33H,14-19H2,1-4H3/t21-,24+,25-,28+,29-/m1/s1. The Hall–Kier alpha value is -2.28. The van der Waals surface area contributed by atoms with Crippen molar-refractivity contribution in [2.24, 2.45) is 0 Å². The van der Waals surface area contributed by atoms with Crippen LogP contribution in [0.15, 0.2) is 54.6 Å². The van der Waals surface area contributed by atoms with Crippen LogP contribution in [-0.4, -0.2) is 58.0 Å². The first kappa shape index (κ1) is 25.8. The quantitative estimate of drug-likeness (QED) is 0.632. The molecule has 2 aliphatic heterocycles. The highest BCUT2D eigenvalue weighted by Crippen LogP contribution is 2.51. The highest BCUT2D eigenvalue weighted by atomic mass is 19.1. The van der Waals surface area contributed by atoms with Crippen molar-refractivity contribution in [1.82, 2.24) is 4.90 Å². The molecule has 0 spiro atoms. The molecule has 35 heavy (non-hydrogen) atoms. The van der Waals surface area contributed by atoms with Gasteiger partial charge in [0.05, 0.1) is 22.7 Å². The van der Waals surface area contributed by atoms with E-state index < -0.39 is 28.8 Å². The lowest BCUT2D eigenvalue weighted by Crippen LogP contribution is -2.59. The predicted octanol–water partition coefficient (Wildman–Crippen LogP) is 4.56. The molecule has 0 aliphatic carbocycles. The second kappa shape index (κ2) is 9.64. The first-order chi connectivity index (χ1) is 16.5. The zero-order chi connectivity index (χ0) is 25.4. The molecule has 2 saturated heterocycles. The topological polar surface area (TPSA) is 70.0 Å². The zero-order valence-electron chi connectivity index (χ0n) is 21.2. The summed E-state index contributed by atoms with van der Waals surface area (Å²) in [6, 6.07) is 15.8. The number of nitrogens with zero attached hydrogens (tertiary/aromatic N) is 1. The van der Waals surface area contributed by atoms with Crippen molar-refractivity contribution in [1.29, 1.82) is 0 Å². The van der Waals surface area contributed by atoms with Crippen LogP contribution in [0.4, 0.5) is 4.39 Å². The molecule has 0 saturated carbocycles.